The van der Waals surface area contributed by atoms with Crippen LogP contribution in [-0.4, -0.2) is 10.8 Å². The number of aryl methyl sites for hydroxylation is 1. The van der Waals surface area contributed by atoms with Crippen molar-refractivity contribution in [2.24, 2.45) is 0 Å². The first kappa shape index (κ1) is 11.8. The summed E-state index contributed by atoms with van der Waals surface area (Å²) in [5, 5.41) is 0. The van der Waals surface area contributed by atoms with E-state index in [4.69, 9.17) is 5.73 Å². The van der Waals surface area contributed by atoms with Crippen molar-refractivity contribution < 1.29 is 4.79 Å². The second-order valence-electron chi connectivity index (χ2n) is 3.78. The third-order valence-corrected chi connectivity index (χ3v) is 3.12. The number of carbonyl (C=O) groups is 1. The monoisotopic (exact) mass is 290 g/mol. The molecule has 1 aromatic heterocycles. The van der Waals surface area contributed by atoms with Gasteiger partial charge in [0.2, 0.25) is 0 Å². The Morgan fingerprint density at radius 1 is 1.29 bits per heavy atom. The number of rotatable bonds is 2. The second kappa shape index (κ2) is 4.67. The molecule has 1 aromatic carbocycles. The van der Waals surface area contributed by atoms with E-state index in [1.807, 2.05) is 19.1 Å². The molecule has 0 bridgehead atoms. The minimum Gasteiger partial charge on any atom is -0.398 e. The summed E-state index contributed by atoms with van der Waals surface area (Å²) in [4.78, 5) is 16.2. The second-order valence-corrected chi connectivity index (χ2v) is 4.63. The van der Waals surface area contributed by atoms with Crippen LogP contribution in [0.25, 0.3) is 0 Å². The van der Waals surface area contributed by atoms with E-state index in [1.54, 1.807) is 18.3 Å². The van der Waals surface area contributed by atoms with Crippen molar-refractivity contribution in [2.45, 2.75) is 6.92 Å². The van der Waals surface area contributed by atoms with Gasteiger partial charge in [0, 0.05) is 28.1 Å². The van der Waals surface area contributed by atoms with E-state index in [-0.39, 0.29) is 5.78 Å². The highest BCUT2D eigenvalue weighted by Gasteiger charge is 2.15. The van der Waals surface area contributed by atoms with E-state index >= 15 is 0 Å². The lowest BCUT2D eigenvalue weighted by atomic mass is 10.0. The van der Waals surface area contributed by atoms with Crippen molar-refractivity contribution in [3.63, 3.8) is 0 Å². The summed E-state index contributed by atoms with van der Waals surface area (Å²) in [5.41, 5.74) is 8.32. The fraction of sp³-hybridized carbons (Fsp3) is 0.0769. The molecule has 0 aliphatic heterocycles. The van der Waals surface area contributed by atoms with E-state index in [9.17, 15) is 4.79 Å². The van der Waals surface area contributed by atoms with Gasteiger partial charge >= 0.3 is 0 Å². The van der Waals surface area contributed by atoms with Crippen LogP contribution in [0.5, 0.6) is 0 Å². The first-order valence-corrected chi connectivity index (χ1v) is 5.89. The summed E-state index contributed by atoms with van der Waals surface area (Å²) < 4.78 is 0.769. The number of nitrogens with zero attached hydrogens (tertiary/aromatic N) is 1. The van der Waals surface area contributed by atoms with Gasteiger partial charge in [-0.15, -0.1) is 0 Å². The molecule has 0 radical (unpaired) electrons. The van der Waals surface area contributed by atoms with Crippen molar-refractivity contribution in [1.29, 1.82) is 0 Å². The molecular formula is C13H11BrN2O. The molecule has 2 rings (SSSR count). The molecule has 0 saturated heterocycles. The Balaban J connectivity index is 2.48. The van der Waals surface area contributed by atoms with Crippen LogP contribution in [0.3, 0.4) is 0 Å². The van der Waals surface area contributed by atoms with Crippen LogP contribution >= 0.6 is 15.9 Å². The lowest BCUT2D eigenvalue weighted by Crippen LogP contribution is -2.06. The van der Waals surface area contributed by atoms with Gasteiger partial charge in [-0.05, 0) is 30.7 Å². The van der Waals surface area contributed by atoms with E-state index < -0.39 is 0 Å². The first-order valence-electron chi connectivity index (χ1n) is 5.10. The van der Waals surface area contributed by atoms with E-state index in [0.29, 0.717) is 16.8 Å². The molecule has 3 nitrogen and oxygen atoms in total. The first-order chi connectivity index (χ1) is 8.09. The molecule has 2 aromatic rings. The maximum Gasteiger partial charge on any atom is 0.197 e. The normalized spacial score (nSPS) is 10.2. The Labute approximate surface area is 108 Å². The van der Waals surface area contributed by atoms with E-state index in [0.717, 1.165) is 10.0 Å². The largest absolute Gasteiger partial charge is 0.398 e. The van der Waals surface area contributed by atoms with E-state index in [1.165, 1.54) is 6.20 Å². The molecule has 0 amide bonds. The number of nitrogens with two attached hydrogens (primary N) is 1. The Hall–Kier alpha value is -1.68. The molecule has 0 fully saturated rings. The highest BCUT2D eigenvalue weighted by molar-refractivity contribution is 9.10. The number of nitrogen functional groups attached to an aromatic ring is 1. The van der Waals surface area contributed by atoms with Gasteiger partial charge in [-0.3, -0.25) is 9.78 Å². The molecule has 1 heterocycles. The van der Waals surface area contributed by atoms with Gasteiger partial charge in [0.15, 0.2) is 5.78 Å². The van der Waals surface area contributed by atoms with Crippen LogP contribution in [-0.2, 0) is 0 Å². The molecule has 0 spiro atoms. The standard InChI is InChI=1S/C13H11BrN2O/c1-8-2-3-9(11(14)6-8)13(17)10-7-16-5-4-12(10)15/h2-7H,1H3,(H2,15,16). The fourth-order valence-electron chi connectivity index (χ4n) is 1.54. The Kier molecular flexibility index (Phi) is 3.24. The van der Waals surface area contributed by atoms with Crippen LogP contribution in [0.1, 0.15) is 21.5 Å². The number of hydrogen-bond donors (Lipinski definition) is 1. The highest BCUT2D eigenvalue weighted by Crippen LogP contribution is 2.23. The molecule has 0 atom stereocenters. The maximum absolute atomic E-state index is 12.2. The molecule has 0 unspecified atom stereocenters. The summed E-state index contributed by atoms with van der Waals surface area (Å²) in [7, 11) is 0. The van der Waals surface area contributed by atoms with Gasteiger partial charge in [0.25, 0.3) is 0 Å². The number of hydrogen-bond acceptors (Lipinski definition) is 3. The molecule has 0 aliphatic carbocycles. The Bertz CT molecular complexity index is 581. The van der Waals surface area contributed by atoms with Gasteiger partial charge < -0.3 is 5.73 Å². The number of carbonyl (C=O) groups excluding carboxylic acids is 1. The summed E-state index contributed by atoms with van der Waals surface area (Å²) in [6.07, 6.45) is 3.06. The minimum absolute atomic E-state index is 0.123. The average Bonchev–Trinajstić information content (AvgIpc) is 2.29. The zero-order valence-corrected chi connectivity index (χ0v) is 10.9. The lowest BCUT2D eigenvalue weighted by molar-refractivity contribution is 0.103. The number of aromatic nitrogens is 1. The topological polar surface area (TPSA) is 56.0 Å². The summed E-state index contributed by atoms with van der Waals surface area (Å²) >= 11 is 3.39. The molecular weight excluding hydrogens is 280 g/mol. The van der Waals surface area contributed by atoms with Crippen LogP contribution in [0.15, 0.2) is 41.1 Å². The SMILES string of the molecule is Cc1ccc(C(=O)c2cnccc2N)c(Br)c1. The number of halogens is 1. The molecule has 0 saturated carbocycles. The zero-order chi connectivity index (χ0) is 12.4. The molecule has 4 heteroatoms. The lowest BCUT2D eigenvalue weighted by Gasteiger charge is -2.06. The van der Waals surface area contributed by atoms with Gasteiger partial charge in [-0.1, -0.05) is 22.0 Å². The molecule has 2 N–H and O–H groups in total. The van der Waals surface area contributed by atoms with Crippen molar-refractivity contribution in [2.75, 3.05) is 5.73 Å². The third kappa shape index (κ3) is 2.36. The third-order valence-electron chi connectivity index (χ3n) is 2.47. The minimum atomic E-state index is -0.123. The number of ketones is 1. The van der Waals surface area contributed by atoms with Crippen LogP contribution < -0.4 is 5.73 Å². The Morgan fingerprint density at radius 2 is 2.06 bits per heavy atom. The number of anilines is 1. The smallest absolute Gasteiger partial charge is 0.197 e. The Morgan fingerprint density at radius 3 is 2.71 bits per heavy atom. The predicted molar refractivity (Wildman–Crippen MR) is 71.0 cm³/mol. The summed E-state index contributed by atoms with van der Waals surface area (Å²) in [5.74, 6) is -0.123. The number of pyridine rings is 1. The summed E-state index contributed by atoms with van der Waals surface area (Å²) in [6, 6.07) is 7.20. The van der Waals surface area contributed by atoms with Gasteiger partial charge in [0.1, 0.15) is 0 Å². The fourth-order valence-corrected chi connectivity index (χ4v) is 2.22. The van der Waals surface area contributed by atoms with Crippen molar-refractivity contribution in [1.82, 2.24) is 4.98 Å². The highest BCUT2D eigenvalue weighted by atomic mass is 79.9. The van der Waals surface area contributed by atoms with Crippen LogP contribution in [0, 0.1) is 6.92 Å². The predicted octanol–water partition coefficient (Wildman–Crippen LogP) is 2.97. The van der Waals surface area contributed by atoms with Crippen LogP contribution in [0.2, 0.25) is 0 Å². The maximum atomic E-state index is 12.2. The molecule has 86 valence electrons. The van der Waals surface area contributed by atoms with E-state index in [2.05, 4.69) is 20.9 Å². The average molecular weight is 291 g/mol. The van der Waals surface area contributed by atoms with Gasteiger partial charge in [-0.25, -0.2) is 0 Å². The quantitative estimate of drug-likeness (QED) is 0.865. The number of benzene rings is 1. The molecule has 0 aliphatic rings. The van der Waals surface area contributed by atoms with Crippen molar-refractivity contribution in [3.05, 3.63) is 57.8 Å². The summed E-state index contributed by atoms with van der Waals surface area (Å²) in [6.45, 7) is 1.97. The van der Waals surface area contributed by atoms with Gasteiger partial charge in [-0.2, -0.15) is 0 Å². The van der Waals surface area contributed by atoms with Gasteiger partial charge in [0.05, 0.1) is 5.56 Å². The zero-order valence-electron chi connectivity index (χ0n) is 9.27. The molecule has 17 heavy (non-hydrogen) atoms. The van der Waals surface area contributed by atoms with Crippen LogP contribution in [0.4, 0.5) is 5.69 Å². The van der Waals surface area contributed by atoms with Crippen molar-refractivity contribution >= 4 is 27.4 Å². The van der Waals surface area contributed by atoms with Crippen molar-refractivity contribution in [3.8, 4) is 0 Å².